The summed E-state index contributed by atoms with van der Waals surface area (Å²) in [6.45, 7) is 3.71. The second kappa shape index (κ2) is 3.92. The van der Waals surface area contributed by atoms with Crippen molar-refractivity contribution in [1.82, 2.24) is 4.98 Å². The predicted molar refractivity (Wildman–Crippen MR) is 54.1 cm³/mol. The lowest BCUT2D eigenvalue weighted by molar-refractivity contribution is 0.0690. The van der Waals surface area contributed by atoms with Gasteiger partial charge in [-0.3, -0.25) is 0 Å². The molecule has 82 valence electrons. The van der Waals surface area contributed by atoms with Crippen LogP contribution in [0.25, 0.3) is 0 Å². The molecule has 0 unspecified atom stereocenters. The molecule has 0 aliphatic heterocycles. The molecule has 0 saturated heterocycles. The Labute approximate surface area is 87.7 Å². The standard InChI is InChI=1S/C10H14N2O3/c1-2-12(5-7-3-4-7)10-11-8(6-15-10)9(13)14/h6-7H,2-5H2,1H3,(H,13,14). The summed E-state index contributed by atoms with van der Waals surface area (Å²) in [5, 5.41) is 8.71. The fourth-order valence-corrected chi connectivity index (χ4v) is 1.46. The number of aromatic nitrogens is 1. The number of carboxylic acids is 1. The molecule has 0 spiro atoms. The first-order valence-electron chi connectivity index (χ1n) is 5.14. The van der Waals surface area contributed by atoms with E-state index in [1.165, 1.54) is 19.1 Å². The predicted octanol–water partition coefficient (Wildman–Crippen LogP) is 1.61. The lowest BCUT2D eigenvalue weighted by Gasteiger charge is -2.17. The molecule has 5 nitrogen and oxygen atoms in total. The molecule has 1 saturated carbocycles. The molecule has 1 aliphatic rings. The Morgan fingerprint density at radius 3 is 2.93 bits per heavy atom. The van der Waals surface area contributed by atoms with Crippen molar-refractivity contribution in [3.05, 3.63) is 12.0 Å². The van der Waals surface area contributed by atoms with E-state index in [-0.39, 0.29) is 5.69 Å². The number of oxazole rings is 1. The van der Waals surface area contributed by atoms with E-state index < -0.39 is 5.97 Å². The molecule has 1 aromatic heterocycles. The Morgan fingerprint density at radius 2 is 2.47 bits per heavy atom. The molecule has 1 N–H and O–H groups in total. The van der Waals surface area contributed by atoms with Crippen LogP contribution in [0.5, 0.6) is 0 Å². The lowest BCUT2D eigenvalue weighted by Crippen LogP contribution is -2.25. The van der Waals surface area contributed by atoms with E-state index in [9.17, 15) is 4.79 Å². The van der Waals surface area contributed by atoms with E-state index >= 15 is 0 Å². The molecule has 0 atom stereocenters. The average Bonchev–Trinajstić information content (AvgIpc) is 2.89. The van der Waals surface area contributed by atoms with Gasteiger partial charge in [0.1, 0.15) is 6.26 Å². The Balaban J connectivity index is 2.07. The highest BCUT2D eigenvalue weighted by Crippen LogP contribution is 2.31. The summed E-state index contributed by atoms with van der Waals surface area (Å²) in [5.74, 6) is -0.322. The quantitative estimate of drug-likeness (QED) is 0.799. The fourth-order valence-electron chi connectivity index (χ4n) is 1.46. The van der Waals surface area contributed by atoms with Crippen LogP contribution < -0.4 is 4.90 Å². The first-order valence-corrected chi connectivity index (χ1v) is 5.14. The zero-order valence-corrected chi connectivity index (χ0v) is 8.64. The van der Waals surface area contributed by atoms with E-state index in [0.29, 0.717) is 6.01 Å². The number of rotatable bonds is 5. The van der Waals surface area contributed by atoms with Gasteiger partial charge in [-0.1, -0.05) is 0 Å². The minimum atomic E-state index is -1.05. The van der Waals surface area contributed by atoms with E-state index in [2.05, 4.69) is 4.98 Å². The maximum atomic E-state index is 10.6. The minimum Gasteiger partial charge on any atom is -0.476 e. The van der Waals surface area contributed by atoms with Gasteiger partial charge in [0.05, 0.1) is 0 Å². The number of nitrogens with zero attached hydrogens (tertiary/aromatic N) is 2. The Bertz CT molecular complexity index is 357. The zero-order chi connectivity index (χ0) is 10.8. The highest BCUT2D eigenvalue weighted by molar-refractivity contribution is 5.85. The molecule has 0 aromatic carbocycles. The molecular weight excluding hydrogens is 196 g/mol. The summed E-state index contributed by atoms with van der Waals surface area (Å²) in [6, 6.07) is 0.418. The van der Waals surface area contributed by atoms with Crippen LogP contribution in [0.1, 0.15) is 30.3 Å². The number of aromatic carboxylic acids is 1. The van der Waals surface area contributed by atoms with Crippen LogP contribution in [0.3, 0.4) is 0 Å². The largest absolute Gasteiger partial charge is 0.476 e. The Hall–Kier alpha value is -1.52. The van der Waals surface area contributed by atoms with Gasteiger partial charge in [0.25, 0.3) is 6.01 Å². The van der Waals surface area contributed by atoms with Crippen LogP contribution in [0, 0.1) is 5.92 Å². The monoisotopic (exact) mass is 210 g/mol. The molecule has 0 bridgehead atoms. The minimum absolute atomic E-state index is 0.0285. The third kappa shape index (κ3) is 2.29. The van der Waals surface area contributed by atoms with Crippen molar-refractivity contribution in [3.8, 4) is 0 Å². The number of carboxylic acid groups (broad SMARTS) is 1. The van der Waals surface area contributed by atoms with Gasteiger partial charge < -0.3 is 14.4 Å². The first-order chi connectivity index (χ1) is 7.20. The van der Waals surface area contributed by atoms with Crippen molar-refractivity contribution in [3.63, 3.8) is 0 Å². The third-order valence-corrected chi connectivity index (χ3v) is 2.54. The molecule has 2 rings (SSSR count). The molecular formula is C10H14N2O3. The second-order valence-corrected chi connectivity index (χ2v) is 3.80. The van der Waals surface area contributed by atoms with Crippen molar-refractivity contribution in [2.75, 3.05) is 18.0 Å². The Kier molecular flexibility index (Phi) is 2.62. The molecule has 15 heavy (non-hydrogen) atoms. The van der Waals surface area contributed by atoms with Gasteiger partial charge in [-0.15, -0.1) is 0 Å². The van der Waals surface area contributed by atoms with Crippen LogP contribution >= 0.6 is 0 Å². The Morgan fingerprint density at radius 1 is 1.73 bits per heavy atom. The van der Waals surface area contributed by atoms with Crippen molar-refractivity contribution in [1.29, 1.82) is 0 Å². The van der Waals surface area contributed by atoms with E-state index in [0.717, 1.165) is 19.0 Å². The van der Waals surface area contributed by atoms with Gasteiger partial charge in [-0.2, -0.15) is 4.98 Å². The summed E-state index contributed by atoms with van der Waals surface area (Å²) >= 11 is 0. The maximum absolute atomic E-state index is 10.6. The van der Waals surface area contributed by atoms with Crippen LogP contribution in [-0.2, 0) is 0 Å². The van der Waals surface area contributed by atoms with Crippen LogP contribution in [0.2, 0.25) is 0 Å². The van der Waals surface area contributed by atoms with Crippen molar-refractivity contribution in [2.45, 2.75) is 19.8 Å². The summed E-state index contributed by atoms with van der Waals surface area (Å²) in [4.78, 5) is 16.5. The van der Waals surface area contributed by atoms with Crippen LogP contribution in [0.15, 0.2) is 10.7 Å². The fraction of sp³-hybridized carbons (Fsp3) is 0.600. The summed E-state index contributed by atoms with van der Waals surface area (Å²) in [5.41, 5.74) is -0.0285. The molecule has 1 heterocycles. The van der Waals surface area contributed by atoms with E-state index in [1.54, 1.807) is 0 Å². The van der Waals surface area contributed by atoms with Crippen LogP contribution in [0.4, 0.5) is 6.01 Å². The highest BCUT2D eigenvalue weighted by atomic mass is 16.4. The molecule has 1 aliphatic carbocycles. The molecule has 1 aromatic rings. The van der Waals surface area contributed by atoms with Crippen LogP contribution in [-0.4, -0.2) is 29.1 Å². The smallest absolute Gasteiger partial charge is 0.357 e. The topological polar surface area (TPSA) is 66.6 Å². The van der Waals surface area contributed by atoms with E-state index in [4.69, 9.17) is 9.52 Å². The number of hydrogen-bond donors (Lipinski definition) is 1. The number of carbonyl (C=O) groups is 1. The van der Waals surface area contributed by atoms with Gasteiger partial charge in [-0.25, -0.2) is 4.79 Å². The molecule has 1 fully saturated rings. The number of anilines is 1. The normalized spacial score (nSPS) is 15.3. The number of hydrogen-bond acceptors (Lipinski definition) is 4. The van der Waals surface area contributed by atoms with Crippen molar-refractivity contribution >= 4 is 12.0 Å². The van der Waals surface area contributed by atoms with Crippen molar-refractivity contribution < 1.29 is 14.3 Å². The summed E-state index contributed by atoms with van der Waals surface area (Å²) < 4.78 is 5.14. The van der Waals surface area contributed by atoms with E-state index in [1.807, 2.05) is 11.8 Å². The second-order valence-electron chi connectivity index (χ2n) is 3.80. The van der Waals surface area contributed by atoms with Gasteiger partial charge in [0.15, 0.2) is 5.69 Å². The molecule has 0 radical (unpaired) electrons. The highest BCUT2D eigenvalue weighted by Gasteiger charge is 2.26. The zero-order valence-electron chi connectivity index (χ0n) is 8.64. The van der Waals surface area contributed by atoms with Gasteiger partial charge in [0.2, 0.25) is 0 Å². The molecule has 5 heteroatoms. The van der Waals surface area contributed by atoms with Gasteiger partial charge in [0, 0.05) is 13.1 Å². The molecule has 0 amide bonds. The third-order valence-electron chi connectivity index (χ3n) is 2.54. The van der Waals surface area contributed by atoms with Crippen molar-refractivity contribution in [2.24, 2.45) is 5.92 Å². The summed E-state index contributed by atoms with van der Waals surface area (Å²) in [7, 11) is 0. The lowest BCUT2D eigenvalue weighted by atomic mass is 10.4. The maximum Gasteiger partial charge on any atom is 0.357 e. The SMILES string of the molecule is CCN(CC1CC1)c1nc(C(=O)O)co1. The van der Waals surface area contributed by atoms with Gasteiger partial charge >= 0.3 is 5.97 Å². The summed E-state index contributed by atoms with van der Waals surface area (Å²) in [6.07, 6.45) is 3.69. The van der Waals surface area contributed by atoms with Gasteiger partial charge in [-0.05, 0) is 25.7 Å². The average molecular weight is 210 g/mol. The first kappa shape index (κ1) is 10.0.